The van der Waals surface area contributed by atoms with Crippen LogP contribution in [-0.2, 0) is 11.3 Å². The van der Waals surface area contributed by atoms with E-state index in [2.05, 4.69) is 19.8 Å². The number of nitrogens with one attached hydrogen (secondary N) is 1. The molecular formula is C16H13F3N4O3. The van der Waals surface area contributed by atoms with E-state index in [4.69, 9.17) is 0 Å². The number of ether oxygens (including phenoxy) is 1. The molecule has 0 saturated heterocycles. The maximum atomic E-state index is 12.5. The summed E-state index contributed by atoms with van der Waals surface area (Å²) in [4.78, 5) is 30.5. The highest BCUT2D eigenvalue weighted by Crippen LogP contribution is 2.28. The highest BCUT2D eigenvalue weighted by Gasteiger charge is 2.28. The fourth-order valence-corrected chi connectivity index (χ4v) is 2.51. The van der Waals surface area contributed by atoms with E-state index in [1.807, 2.05) is 0 Å². The van der Waals surface area contributed by atoms with E-state index in [9.17, 15) is 22.8 Å². The van der Waals surface area contributed by atoms with Gasteiger partial charge >= 0.3 is 12.1 Å². The van der Waals surface area contributed by atoms with Gasteiger partial charge in [-0.2, -0.15) is 18.3 Å². The van der Waals surface area contributed by atoms with E-state index < -0.39 is 24.2 Å². The number of fused-ring (bicyclic) bond motifs is 1. The Morgan fingerprint density at radius 2 is 2.08 bits per heavy atom. The fraction of sp³-hybridized carbons (Fsp3) is 0.250. The zero-order chi connectivity index (χ0) is 19.1. The lowest BCUT2D eigenvalue weighted by molar-refractivity contribution is -0.142. The molecule has 2 heterocycles. The molecule has 3 aromatic rings. The molecule has 0 bridgehead atoms. The van der Waals surface area contributed by atoms with Gasteiger partial charge in [0.05, 0.1) is 29.9 Å². The quantitative estimate of drug-likeness (QED) is 0.719. The zero-order valence-corrected chi connectivity index (χ0v) is 13.7. The van der Waals surface area contributed by atoms with Gasteiger partial charge in [0.1, 0.15) is 12.2 Å². The number of carbonyl (C=O) groups is 1. The van der Waals surface area contributed by atoms with Crippen molar-refractivity contribution in [2.45, 2.75) is 19.6 Å². The molecule has 3 rings (SSSR count). The lowest BCUT2D eigenvalue weighted by atomic mass is 10.0. The summed E-state index contributed by atoms with van der Waals surface area (Å²) in [7, 11) is 1.20. The standard InChI is InChI=1S/C16H13F3N4O3/c1-8-14(24)22-12-4-9(15(25)26-2)3-11(13(12)21-8)10-5-20-23(6-10)7-16(17,18)19/h3-6H,7H2,1-2H3,(H,22,24). The monoisotopic (exact) mass is 366 g/mol. The molecule has 0 amide bonds. The predicted octanol–water partition coefficient (Wildman–Crippen LogP) is 2.44. The molecule has 0 atom stereocenters. The van der Waals surface area contributed by atoms with Crippen molar-refractivity contribution in [3.8, 4) is 11.1 Å². The number of aromatic amines is 1. The normalized spacial score (nSPS) is 11.7. The van der Waals surface area contributed by atoms with Gasteiger partial charge in [-0.3, -0.25) is 9.48 Å². The second-order valence-electron chi connectivity index (χ2n) is 5.60. The summed E-state index contributed by atoms with van der Waals surface area (Å²) in [5, 5.41) is 3.70. The SMILES string of the molecule is COC(=O)c1cc(-c2cnn(CC(F)(F)F)c2)c2nc(C)c(=O)[nH]c2c1. The number of hydrogen-bond acceptors (Lipinski definition) is 5. The molecule has 0 unspecified atom stereocenters. The number of nitrogens with zero attached hydrogens (tertiary/aromatic N) is 3. The van der Waals surface area contributed by atoms with Gasteiger partial charge in [0.15, 0.2) is 0 Å². The first-order valence-corrected chi connectivity index (χ1v) is 7.40. The van der Waals surface area contributed by atoms with E-state index in [1.54, 1.807) is 0 Å². The summed E-state index contributed by atoms with van der Waals surface area (Å²) in [6, 6.07) is 2.84. The van der Waals surface area contributed by atoms with Crippen LogP contribution in [0.15, 0.2) is 29.3 Å². The minimum atomic E-state index is -4.42. The second-order valence-corrected chi connectivity index (χ2v) is 5.60. The van der Waals surface area contributed by atoms with E-state index in [-0.39, 0.29) is 16.8 Å². The molecule has 0 aliphatic carbocycles. The fourth-order valence-electron chi connectivity index (χ4n) is 2.51. The number of alkyl halides is 3. The third kappa shape index (κ3) is 3.44. The topological polar surface area (TPSA) is 89.9 Å². The summed E-state index contributed by atoms with van der Waals surface area (Å²) in [5.41, 5.74) is 1.16. The minimum Gasteiger partial charge on any atom is -0.465 e. The number of aromatic nitrogens is 4. The molecular weight excluding hydrogens is 353 g/mol. The van der Waals surface area contributed by atoms with Crippen molar-refractivity contribution in [2.24, 2.45) is 0 Å². The number of H-pyrrole nitrogens is 1. The molecule has 0 saturated carbocycles. The Bertz CT molecular complexity index is 1050. The van der Waals surface area contributed by atoms with Crippen molar-refractivity contribution < 1.29 is 22.7 Å². The summed E-state index contributed by atoms with van der Waals surface area (Å²) in [6.07, 6.45) is -1.98. The van der Waals surface area contributed by atoms with E-state index in [0.29, 0.717) is 16.6 Å². The van der Waals surface area contributed by atoms with Crippen molar-refractivity contribution in [1.29, 1.82) is 0 Å². The lowest BCUT2D eigenvalue weighted by Crippen LogP contribution is -2.17. The van der Waals surface area contributed by atoms with Crippen LogP contribution in [0.4, 0.5) is 13.2 Å². The minimum absolute atomic E-state index is 0.125. The highest BCUT2D eigenvalue weighted by molar-refractivity contribution is 6.00. The van der Waals surface area contributed by atoms with Crippen LogP contribution in [0, 0.1) is 6.92 Å². The van der Waals surface area contributed by atoms with E-state index in [0.717, 1.165) is 4.68 Å². The molecule has 2 aromatic heterocycles. The Labute approximate surface area is 144 Å². The van der Waals surface area contributed by atoms with Crippen molar-refractivity contribution in [1.82, 2.24) is 19.7 Å². The van der Waals surface area contributed by atoms with Gasteiger partial charge in [0.2, 0.25) is 0 Å². The molecule has 0 aliphatic rings. The van der Waals surface area contributed by atoms with Crippen molar-refractivity contribution >= 4 is 17.0 Å². The maximum absolute atomic E-state index is 12.5. The number of carbonyl (C=O) groups excluding carboxylic acids is 1. The molecule has 1 N–H and O–H groups in total. The van der Waals surface area contributed by atoms with Gasteiger partial charge in [0.25, 0.3) is 5.56 Å². The third-order valence-electron chi connectivity index (χ3n) is 3.67. The van der Waals surface area contributed by atoms with Crippen LogP contribution in [0.2, 0.25) is 0 Å². The van der Waals surface area contributed by atoms with Crippen LogP contribution >= 0.6 is 0 Å². The van der Waals surface area contributed by atoms with Gasteiger partial charge in [0, 0.05) is 17.3 Å². The first-order valence-electron chi connectivity index (χ1n) is 7.40. The van der Waals surface area contributed by atoms with E-state index in [1.165, 1.54) is 38.6 Å². The van der Waals surface area contributed by atoms with E-state index >= 15 is 0 Å². The average molecular weight is 366 g/mol. The van der Waals surface area contributed by atoms with Crippen molar-refractivity contribution in [3.63, 3.8) is 0 Å². The zero-order valence-electron chi connectivity index (χ0n) is 13.7. The van der Waals surface area contributed by atoms with Crippen molar-refractivity contribution in [2.75, 3.05) is 7.11 Å². The van der Waals surface area contributed by atoms with Gasteiger partial charge < -0.3 is 9.72 Å². The number of esters is 1. The molecule has 1 aromatic carbocycles. The molecule has 0 aliphatic heterocycles. The van der Waals surface area contributed by atoms with Gasteiger partial charge in [-0.05, 0) is 19.1 Å². The van der Waals surface area contributed by atoms with Crippen LogP contribution in [0.25, 0.3) is 22.2 Å². The Morgan fingerprint density at radius 3 is 2.73 bits per heavy atom. The summed E-state index contributed by atoms with van der Waals surface area (Å²) in [5.74, 6) is -0.655. The summed E-state index contributed by atoms with van der Waals surface area (Å²) in [6.45, 7) is 0.258. The number of methoxy groups -OCH3 is 1. The van der Waals surface area contributed by atoms with Crippen molar-refractivity contribution in [3.05, 3.63) is 46.1 Å². The van der Waals surface area contributed by atoms with Crippen LogP contribution in [0.1, 0.15) is 16.1 Å². The Kier molecular flexibility index (Phi) is 4.26. The van der Waals surface area contributed by atoms with Gasteiger partial charge in [-0.15, -0.1) is 0 Å². The maximum Gasteiger partial charge on any atom is 0.408 e. The predicted molar refractivity (Wildman–Crippen MR) is 85.7 cm³/mol. The number of rotatable bonds is 3. The second kappa shape index (κ2) is 6.28. The summed E-state index contributed by atoms with van der Waals surface area (Å²) < 4.78 is 43.1. The number of benzene rings is 1. The number of aryl methyl sites for hydroxylation is 1. The lowest BCUT2D eigenvalue weighted by Gasteiger charge is -2.08. The van der Waals surface area contributed by atoms with Crippen LogP contribution < -0.4 is 5.56 Å². The first-order chi connectivity index (χ1) is 12.2. The Morgan fingerprint density at radius 1 is 1.35 bits per heavy atom. The van der Waals surface area contributed by atoms with Crippen LogP contribution in [0.3, 0.4) is 0 Å². The van der Waals surface area contributed by atoms with Crippen LogP contribution in [0.5, 0.6) is 0 Å². The van der Waals surface area contributed by atoms with Gasteiger partial charge in [-0.1, -0.05) is 0 Å². The Hall–Kier alpha value is -3.17. The summed E-state index contributed by atoms with van der Waals surface area (Å²) >= 11 is 0. The molecule has 7 nitrogen and oxygen atoms in total. The van der Waals surface area contributed by atoms with Gasteiger partial charge in [-0.25, -0.2) is 9.78 Å². The largest absolute Gasteiger partial charge is 0.465 e. The molecule has 0 fully saturated rings. The number of halogens is 3. The third-order valence-corrected chi connectivity index (χ3v) is 3.67. The first kappa shape index (κ1) is 17.6. The molecule has 136 valence electrons. The molecule has 0 radical (unpaired) electrons. The van der Waals surface area contributed by atoms with Crippen LogP contribution in [-0.4, -0.2) is 39.0 Å². The highest BCUT2D eigenvalue weighted by atomic mass is 19.4. The number of hydrogen-bond donors (Lipinski definition) is 1. The smallest absolute Gasteiger partial charge is 0.408 e. The molecule has 10 heteroatoms. The average Bonchev–Trinajstić information content (AvgIpc) is 3.00. The molecule has 0 spiro atoms. The Balaban J connectivity index is 2.21. The molecule has 26 heavy (non-hydrogen) atoms.